The molecule has 0 saturated carbocycles. The molecular weight excluding hydrogens is 216 g/mol. The van der Waals surface area contributed by atoms with E-state index in [9.17, 15) is 0 Å². The molecule has 0 saturated heterocycles. The summed E-state index contributed by atoms with van der Waals surface area (Å²) in [6.07, 6.45) is 5.09. The minimum Gasteiger partial charge on any atom is -0.347 e. The summed E-state index contributed by atoms with van der Waals surface area (Å²) in [7, 11) is 3.82. The first kappa shape index (κ1) is 11.5. The molecule has 0 aliphatic heterocycles. The van der Waals surface area contributed by atoms with Crippen LogP contribution in [0.3, 0.4) is 0 Å². The molecule has 0 amide bonds. The summed E-state index contributed by atoms with van der Waals surface area (Å²) >= 11 is 0. The smallest absolute Gasteiger partial charge is 0.224 e. The molecule has 0 fully saturated rings. The molecule has 0 aliphatic rings. The van der Waals surface area contributed by atoms with Crippen molar-refractivity contribution in [1.29, 1.82) is 0 Å². The van der Waals surface area contributed by atoms with E-state index in [1.807, 2.05) is 23.7 Å². The molecule has 0 atom stereocenters. The van der Waals surface area contributed by atoms with Crippen molar-refractivity contribution >= 4 is 5.95 Å². The molecule has 0 aromatic carbocycles. The SMILES string of the molecule is CC(C)n1ncnc1-c1cnc(N(C)C)nc1. The van der Waals surface area contributed by atoms with E-state index >= 15 is 0 Å². The third-order valence-corrected chi connectivity index (χ3v) is 2.36. The standard InChI is InChI=1S/C11H16N6/c1-8(2)17-10(14-7-15-17)9-5-12-11(13-6-9)16(3)4/h5-8H,1-4H3. The van der Waals surface area contributed by atoms with Crippen LogP contribution in [0.5, 0.6) is 0 Å². The van der Waals surface area contributed by atoms with Crippen LogP contribution in [0.25, 0.3) is 11.4 Å². The summed E-state index contributed by atoms with van der Waals surface area (Å²) in [6.45, 7) is 4.13. The van der Waals surface area contributed by atoms with Gasteiger partial charge in [-0.1, -0.05) is 0 Å². The van der Waals surface area contributed by atoms with Gasteiger partial charge in [0.15, 0.2) is 5.82 Å². The molecule has 0 aliphatic carbocycles. The predicted molar refractivity (Wildman–Crippen MR) is 65.8 cm³/mol. The quantitative estimate of drug-likeness (QED) is 0.800. The summed E-state index contributed by atoms with van der Waals surface area (Å²) in [6, 6.07) is 0.265. The fraction of sp³-hybridized carbons (Fsp3) is 0.455. The van der Waals surface area contributed by atoms with Crippen molar-refractivity contribution in [3.8, 4) is 11.4 Å². The van der Waals surface area contributed by atoms with Crippen LogP contribution in [-0.2, 0) is 0 Å². The average Bonchev–Trinajstić information content (AvgIpc) is 2.78. The first-order valence-corrected chi connectivity index (χ1v) is 5.49. The molecule has 0 unspecified atom stereocenters. The Morgan fingerprint density at radius 3 is 2.29 bits per heavy atom. The minimum absolute atomic E-state index is 0.265. The highest BCUT2D eigenvalue weighted by Crippen LogP contribution is 2.18. The number of rotatable bonds is 3. The Morgan fingerprint density at radius 2 is 1.76 bits per heavy atom. The normalized spacial score (nSPS) is 10.9. The van der Waals surface area contributed by atoms with Crippen LogP contribution >= 0.6 is 0 Å². The van der Waals surface area contributed by atoms with Gasteiger partial charge < -0.3 is 4.90 Å². The van der Waals surface area contributed by atoms with Gasteiger partial charge in [0, 0.05) is 32.5 Å². The van der Waals surface area contributed by atoms with Crippen LogP contribution in [0.2, 0.25) is 0 Å². The highest BCUT2D eigenvalue weighted by atomic mass is 15.3. The van der Waals surface area contributed by atoms with Gasteiger partial charge in [0.2, 0.25) is 5.95 Å². The second-order valence-electron chi connectivity index (χ2n) is 4.29. The highest BCUT2D eigenvalue weighted by molar-refractivity contribution is 5.53. The van der Waals surface area contributed by atoms with Gasteiger partial charge in [-0.3, -0.25) is 0 Å². The van der Waals surface area contributed by atoms with Crippen molar-refractivity contribution in [3.63, 3.8) is 0 Å². The van der Waals surface area contributed by atoms with Gasteiger partial charge >= 0.3 is 0 Å². The zero-order valence-corrected chi connectivity index (χ0v) is 10.5. The van der Waals surface area contributed by atoms with Gasteiger partial charge in [0.1, 0.15) is 6.33 Å². The van der Waals surface area contributed by atoms with Crippen molar-refractivity contribution in [2.75, 3.05) is 19.0 Å². The fourth-order valence-corrected chi connectivity index (χ4v) is 1.50. The summed E-state index contributed by atoms with van der Waals surface area (Å²) in [4.78, 5) is 14.6. The monoisotopic (exact) mass is 232 g/mol. The number of aromatic nitrogens is 5. The molecule has 90 valence electrons. The second kappa shape index (κ2) is 4.48. The Bertz CT molecular complexity index is 485. The Labute approximate surface area is 100 Å². The van der Waals surface area contributed by atoms with Gasteiger partial charge in [0.05, 0.1) is 5.56 Å². The van der Waals surface area contributed by atoms with E-state index in [-0.39, 0.29) is 6.04 Å². The first-order valence-electron chi connectivity index (χ1n) is 5.49. The Morgan fingerprint density at radius 1 is 1.12 bits per heavy atom. The minimum atomic E-state index is 0.265. The van der Waals surface area contributed by atoms with Crippen LogP contribution in [0.4, 0.5) is 5.95 Å². The van der Waals surface area contributed by atoms with Gasteiger partial charge in [0.25, 0.3) is 0 Å². The summed E-state index contributed by atoms with van der Waals surface area (Å²) in [5.74, 6) is 1.48. The summed E-state index contributed by atoms with van der Waals surface area (Å²) in [5.41, 5.74) is 0.877. The van der Waals surface area contributed by atoms with E-state index < -0.39 is 0 Å². The zero-order valence-electron chi connectivity index (χ0n) is 10.5. The highest BCUT2D eigenvalue weighted by Gasteiger charge is 2.11. The molecule has 0 bridgehead atoms. The lowest BCUT2D eigenvalue weighted by Gasteiger charge is -2.11. The second-order valence-corrected chi connectivity index (χ2v) is 4.29. The van der Waals surface area contributed by atoms with Crippen molar-refractivity contribution in [1.82, 2.24) is 24.7 Å². The molecule has 0 radical (unpaired) electrons. The molecule has 0 N–H and O–H groups in total. The fourth-order valence-electron chi connectivity index (χ4n) is 1.50. The van der Waals surface area contributed by atoms with E-state index in [0.29, 0.717) is 5.95 Å². The lowest BCUT2D eigenvalue weighted by atomic mass is 10.3. The summed E-state index contributed by atoms with van der Waals surface area (Å²) < 4.78 is 1.86. The van der Waals surface area contributed by atoms with Crippen molar-refractivity contribution < 1.29 is 0 Å². The number of anilines is 1. The molecule has 2 aromatic heterocycles. The van der Waals surface area contributed by atoms with Crippen molar-refractivity contribution in [2.24, 2.45) is 0 Å². The lowest BCUT2D eigenvalue weighted by Crippen LogP contribution is -2.12. The maximum atomic E-state index is 4.27. The number of hydrogen-bond donors (Lipinski definition) is 0. The van der Waals surface area contributed by atoms with Gasteiger partial charge in [-0.05, 0) is 13.8 Å². The molecule has 2 rings (SSSR count). The Balaban J connectivity index is 2.37. The molecule has 0 spiro atoms. The van der Waals surface area contributed by atoms with E-state index in [0.717, 1.165) is 11.4 Å². The number of hydrogen-bond acceptors (Lipinski definition) is 5. The van der Waals surface area contributed by atoms with Crippen LogP contribution in [-0.4, -0.2) is 38.8 Å². The third kappa shape index (κ3) is 2.25. The van der Waals surface area contributed by atoms with E-state index in [1.165, 1.54) is 0 Å². The van der Waals surface area contributed by atoms with Crippen LogP contribution in [0, 0.1) is 0 Å². The Kier molecular flexibility index (Phi) is 3.03. The van der Waals surface area contributed by atoms with Crippen LogP contribution < -0.4 is 4.90 Å². The topological polar surface area (TPSA) is 59.7 Å². The average molecular weight is 232 g/mol. The maximum absolute atomic E-state index is 4.27. The van der Waals surface area contributed by atoms with Gasteiger partial charge in [-0.15, -0.1) is 0 Å². The Hall–Kier alpha value is -1.98. The number of nitrogens with zero attached hydrogens (tertiary/aromatic N) is 6. The van der Waals surface area contributed by atoms with Gasteiger partial charge in [-0.2, -0.15) is 5.10 Å². The molecule has 17 heavy (non-hydrogen) atoms. The molecule has 2 aromatic rings. The molecule has 2 heterocycles. The first-order chi connectivity index (χ1) is 8.09. The maximum Gasteiger partial charge on any atom is 0.224 e. The third-order valence-electron chi connectivity index (χ3n) is 2.36. The van der Waals surface area contributed by atoms with Gasteiger partial charge in [-0.25, -0.2) is 19.6 Å². The van der Waals surface area contributed by atoms with Crippen LogP contribution in [0.15, 0.2) is 18.7 Å². The van der Waals surface area contributed by atoms with Crippen LogP contribution in [0.1, 0.15) is 19.9 Å². The van der Waals surface area contributed by atoms with Crippen molar-refractivity contribution in [2.45, 2.75) is 19.9 Å². The van der Waals surface area contributed by atoms with E-state index in [4.69, 9.17) is 0 Å². The molecule has 6 nitrogen and oxygen atoms in total. The summed E-state index contributed by atoms with van der Waals surface area (Å²) in [5, 5.41) is 4.19. The van der Waals surface area contributed by atoms with Crippen molar-refractivity contribution in [3.05, 3.63) is 18.7 Å². The van der Waals surface area contributed by atoms with E-state index in [2.05, 4.69) is 33.9 Å². The predicted octanol–water partition coefficient (Wildman–Crippen LogP) is 1.38. The zero-order chi connectivity index (χ0) is 12.4. The van der Waals surface area contributed by atoms with E-state index in [1.54, 1.807) is 18.7 Å². The molecular formula is C11H16N6. The largest absolute Gasteiger partial charge is 0.347 e. The molecule has 6 heteroatoms. The lowest BCUT2D eigenvalue weighted by molar-refractivity contribution is 0.537.